The summed E-state index contributed by atoms with van der Waals surface area (Å²) in [6, 6.07) is 7.85. The summed E-state index contributed by atoms with van der Waals surface area (Å²) >= 11 is 0. The Morgan fingerprint density at radius 1 is 0.721 bits per heavy atom. The van der Waals surface area contributed by atoms with Gasteiger partial charge in [0, 0.05) is 40.5 Å². The fourth-order valence-electron chi connectivity index (χ4n) is 6.27. The minimum Gasteiger partial charge on any atom is -0.481 e. The standard InChI is InChI=1S/C34H38N4O5/c1-7-21-16(2)26-14-31-34(20(6)39)19(5)27(38-31)12-24-17(3)22(8-10-32(40)41)29(36-24)15-30-23(9-11-33(42)43)18(4)25(37-30)13-28(21)35-26/h12-15,20,35,38-39H,7-11H2,1-6H3,(H,40,41)(H,42,43). The SMILES string of the molecule is CCc1c(C)c2cc3[nH]c(cc4nc(cc5nc(cc1[nH]2)C(C)=C5CCC(=O)O)C(CCC(=O)O)=C4C)c(C)c3C(C)O. The number of allylic oxidation sites excluding steroid dienone is 4. The third-order valence-corrected chi connectivity index (χ3v) is 8.67. The third-order valence-electron chi connectivity index (χ3n) is 8.67. The van der Waals surface area contributed by atoms with Gasteiger partial charge in [-0.05, 0) is 117 Å². The van der Waals surface area contributed by atoms with Gasteiger partial charge in [0.05, 0.1) is 28.9 Å². The minimum atomic E-state index is -0.897. The van der Waals surface area contributed by atoms with Crippen molar-refractivity contribution in [3.63, 3.8) is 0 Å². The maximum absolute atomic E-state index is 11.5. The van der Waals surface area contributed by atoms with Crippen LogP contribution in [0.4, 0.5) is 0 Å². The Kier molecular flexibility index (Phi) is 8.12. The average Bonchev–Trinajstić information content (AvgIpc) is 3.59. The van der Waals surface area contributed by atoms with Gasteiger partial charge in [0.15, 0.2) is 0 Å². The highest BCUT2D eigenvalue weighted by Gasteiger charge is 2.23. The minimum absolute atomic E-state index is 0.0358. The van der Waals surface area contributed by atoms with E-state index in [-0.39, 0.29) is 12.8 Å². The molecule has 0 fully saturated rings. The summed E-state index contributed by atoms with van der Waals surface area (Å²) in [5.41, 5.74) is 13.6. The van der Waals surface area contributed by atoms with Gasteiger partial charge in [-0.3, -0.25) is 9.59 Å². The number of aliphatic carboxylic acids is 2. The highest BCUT2D eigenvalue weighted by atomic mass is 16.4. The van der Waals surface area contributed by atoms with E-state index in [2.05, 4.69) is 23.8 Å². The number of aryl methyl sites for hydroxylation is 3. The Labute approximate surface area is 250 Å². The molecule has 0 aromatic carbocycles. The molecule has 0 saturated heterocycles. The number of rotatable bonds is 8. The zero-order valence-electron chi connectivity index (χ0n) is 25.5. The number of aliphatic hydroxyl groups is 1. The Balaban J connectivity index is 1.93. The first kappa shape index (κ1) is 30.0. The second kappa shape index (κ2) is 11.6. The van der Waals surface area contributed by atoms with Crippen LogP contribution in [0.15, 0.2) is 24.3 Å². The number of hydrogen-bond acceptors (Lipinski definition) is 5. The van der Waals surface area contributed by atoms with Crippen LogP contribution in [-0.4, -0.2) is 47.2 Å². The normalized spacial score (nSPS) is 14.0. The number of nitrogens with one attached hydrogen (secondary N) is 2. The van der Waals surface area contributed by atoms with Crippen LogP contribution in [0.5, 0.6) is 0 Å². The molecule has 1 unspecified atom stereocenters. The molecule has 9 nitrogen and oxygen atoms in total. The molecule has 0 aliphatic carbocycles. The van der Waals surface area contributed by atoms with E-state index in [1.165, 1.54) is 0 Å². The number of carboxylic acids is 2. The molecule has 2 aliphatic rings. The van der Waals surface area contributed by atoms with Gasteiger partial charge < -0.3 is 25.3 Å². The Hall–Kier alpha value is -4.50. The molecule has 224 valence electrons. The van der Waals surface area contributed by atoms with Crippen LogP contribution in [0, 0.1) is 13.8 Å². The van der Waals surface area contributed by atoms with E-state index in [1.807, 2.05) is 45.0 Å². The molecule has 5 heterocycles. The highest BCUT2D eigenvalue weighted by Crippen LogP contribution is 2.38. The first-order valence-electron chi connectivity index (χ1n) is 14.7. The topological polar surface area (TPSA) is 152 Å². The number of H-pyrrole nitrogens is 2. The number of aromatic nitrogens is 4. The summed E-state index contributed by atoms with van der Waals surface area (Å²) in [5.74, 6) is -1.78. The fourth-order valence-corrected chi connectivity index (χ4v) is 6.27. The molecule has 43 heavy (non-hydrogen) atoms. The van der Waals surface area contributed by atoms with Gasteiger partial charge in [0.2, 0.25) is 0 Å². The van der Waals surface area contributed by atoms with E-state index >= 15 is 0 Å². The number of hydrogen-bond donors (Lipinski definition) is 5. The van der Waals surface area contributed by atoms with Crippen molar-refractivity contribution >= 4 is 56.3 Å². The number of aromatic amines is 2. The monoisotopic (exact) mass is 582 g/mol. The number of aliphatic hydroxyl groups excluding tert-OH is 1. The summed E-state index contributed by atoms with van der Waals surface area (Å²) in [5, 5.41) is 29.7. The average molecular weight is 583 g/mol. The number of carboxylic acid groups (broad SMARTS) is 2. The molecule has 0 amide bonds. The van der Waals surface area contributed by atoms with Crippen molar-refractivity contribution in [2.45, 2.75) is 79.8 Å². The van der Waals surface area contributed by atoms with E-state index in [9.17, 15) is 24.9 Å². The molecule has 3 aromatic heterocycles. The van der Waals surface area contributed by atoms with Gasteiger partial charge in [-0.2, -0.15) is 0 Å². The molecule has 0 spiro atoms. The maximum atomic E-state index is 11.5. The highest BCUT2D eigenvalue weighted by molar-refractivity contribution is 5.96. The van der Waals surface area contributed by atoms with Crippen LogP contribution in [-0.2, 0) is 16.0 Å². The second-order valence-corrected chi connectivity index (χ2v) is 11.4. The zero-order chi connectivity index (χ0) is 31.2. The predicted molar refractivity (Wildman–Crippen MR) is 169 cm³/mol. The van der Waals surface area contributed by atoms with Crippen molar-refractivity contribution in [2.24, 2.45) is 0 Å². The van der Waals surface area contributed by atoms with Crippen LogP contribution >= 0.6 is 0 Å². The largest absolute Gasteiger partial charge is 0.481 e. The van der Waals surface area contributed by atoms with Crippen LogP contribution < -0.4 is 0 Å². The molecule has 8 bridgehead atoms. The van der Waals surface area contributed by atoms with E-state index in [1.54, 1.807) is 6.92 Å². The fraction of sp³-hybridized carbons (Fsp3) is 0.353. The van der Waals surface area contributed by atoms with Crippen molar-refractivity contribution in [2.75, 3.05) is 0 Å². The Morgan fingerprint density at radius 3 is 1.70 bits per heavy atom. The lowest BCUT2D eigenvalue weighted by Crippen LogP contribution is -1.97. The van der Waals surface area contributed by atoms with Crippen molar-refractivity contribution in [3.05, 3.63) is 69.3 Å². The molecule has 0 radical (unpaired) electrons. The summed E-state index contributed by atoms with van der Waals surface area (Å²) in [6.45, 7) is 11.8. The maximum Gasteiger partial charge on any atom is 0.303 e. The van der Waals surface area contributed by atoms with E-state index in [4.69, 9.17) is 9.97 Å². The smallest absolute Gasteiger partial charge is 0.303 e. The van der Waals surface area contributed by atoms with Crippen molar-refractivity contribution < 1.29 is 24.9 Å². The van der Waals surface area contributed by atoms with Crippen molar-refractivity contribution in [1.82, 2.24) is 19.9 Å². The van der Waals surface area contributed by atoms with Gasteiger partial charge in [-0.1, -0.05) is 6.92 Å². The van der Waals surface area contributed by atoms with E-state index in [0.29, 0.717) is 29.9 Å². The Morgan fingerprint density at radius 2 is 1.21 bits per heavy atom. The summed E-state index contributed by atoms with van der Waals surface area (Å²) in [4.78, 5) is 40.1. The molecular formula is C34H38N4O5. The predicted octanol–water partition coefficient (Wildman–Crippen LogP) is 7.14. The lowest BCUT2D eigenvalue weighted by molar-refractivity contribution is -0.137. The molecule has 3 aromatic rings. The molecule has 5 rings (SSSR count). The molecular weight excluding hydrogens is 544 g/mol. The number of nitrogens with zero attached hydrogens (tertiary/aromatic N) is 2. The molecule has 2 aliphatic heterocycles. The number of carbonyl (C=O) groups is 2. The molecule has 0 saturated carbocycles. The summed E-state index contributed by atoms with van der Waals surface area (Å²) in [6.07, 6.45) is 0.610. The lowest BCUT2D eigenvalue weighted by atomic mass is 9.98. The van der Waals surface area contributed by atoms with Crippen LogP contribution in [0.2, 0.25) is 0 Å². The summed E-state index contributed by atoms with van der Waals surface area (Å²) in [7, 11) is 0. The Bertz CT molecular complexity index is 1890. The van der Waals surface area contributed by atoms with Crippen LogP contribution in [0.1, 0.15) is 105 Å². The zero-order valence-corrected chi connectivity index (χ0v) is 25.5. The molecule has 9 heteroatoms. The molecule has 1 atom stereocenters. The quantitative estimate of drug-likeness (QED) is 0.189. The van der Waals surface area contributed by atoms with Crippen LogP contribution in [0.25, 0.3) is 44.4 Å². The van der Waals surface area contributed by atoms with E-state index in [0.717, 1.165) is 78.7 Å². The first-order valence-corrected chi connectivity index (χ1v) is 14.7. The van der Waals surface area contributed by atoms with Gasteiger partial charge in [-0.15, -0.1) is 0 Å². The third kappa shape index (κ3) is 5.64. The first-order chi connectivity index (χ1) is 20.4. The number of fused-ring (bicyclic) bond motifs is 8. The van der Waals surface area contributed by atoms with Gasteiger partial charge in [0.25, 0.3) is 0 Å². The van der Waals surface area contributed by atoms with Gasteiger partial charge >= 0.3 is 11.9 Å². The van der Waals surface area contributed by atoms with Crippen molar-refractivity contribution in [3.8, 4) is 0 Å². The van der Waals surface area contributed by atoms with Gasteiger partial charge in [0.1, 0.15) is 0 Å². The lowest BCUT2D eigenvalue weighted by Gasteiger charge is -2.05. The van der Waals surface area contributed by atoms with Crippen molar-refractivity contribution in [1.29, 1.82) is 0 Å². The summed E-state index contributed by atoms with van der Waals surface area (Å²) < 4.78 is 0. The van der Waals surface area contributed by atoms with E-state index < -0.39 is 18.0 Å². The van der Waals surface area contributed by atoms with Crippen LogP contribution in [0.3, 0.4) is 0 Å². The van der Waals surface area contributed by atoms with Gasteiger partial charge in [-0.25, -0.2) is 9.97 Å². The molecule has 5 N–H and O–H groups in total. The second-order valence-electron chi connectivity index (χ2n) is 11.4.